The van der Waals surface area contributed by atoms with E-state index < -0.39 is 0 Å². The van der Waals surface area contributed by atoms with Crippen molar-refractivity contribution in [2.45, 2.75) is 0 Å². The van der Waals surface area contributed by atoms with Gasteiger partial charge in [0.25, 0.3) is 5.91 Å². The standard InChI is InChI=1S/C19H19N5O2/c25-19(16-4-3-13-26-16)22-17-7-6-15(14-21-17)23-9-11-24(12-10-23)18-5-1-2-8-20-18/h1-8,13-14H,9-12H2,(H,21,22,25). The van der Waals surface area contributed by atoms with E-state index in [4.69, 9.17) is 4.42 Å². The predicted octanol–water partition coefficient (Wildman–Crippen LogP) is 2.65. The fourth-order valence-corrected chi connectivity index (χ4v) is 2.97. The van der Waals surface area contributed by atoms with E-state index in [0.29, 0.717) is 5.82 Å². The number of carbonyl (C=O) groups is 1. The molecule has 26 heavy (non-hydrogen) atoms. The van der Waals surface area contributed by atoms with Crippen LogP contribution in [0, 0.1) is 0 Å². The number of rotatable bonds is 4. The van der Waals surface area contributed by atoms with E-state index in [1.54, 1.807) is 24.4 Å². The number of hydrogen-bond acceptors (Lipinski definition) is 6. The summed E-state index contributed by atoms with van der Waals surface area (Å²) < 4.78 is 5.08. The third kappa shape index (κ3) is 3.51. The van der Waals surface area contributed by atoms with E-state index in [9.17, 15) is 4.79 Å². The molecule has 132 valence electrons. The Balaban J connectivity index is 1.35. The van der Waals surface area contributed by atoms with Gasteiger partial charge >= 0.3 is 0 Å². The molecular formula is C19H19N5O2. The first-order valence-corrected chi connectivity index (χ1v) is 8.51. The van der Waals surface area contributed by atoms with Crippen molar-refractivity contribution in [1.82, 2.24) is 9.97 Å². The summed E-state index contributed by atoms with van der Waals surface area (Å²) in [5, 5.41) is 2.72. The van der Waals surface area contributed by atoms with Gasteiger partial charge in [-0.2, -0.15) is 0 Å². The molecule has 4 rings (SSSR count). The summed E-state index contributed by atoms with van der Waals surface area (Å²) >= 11 is 0. The zero-order valence-corrected chi connectivity index (χ0v) is 14.2. The summed E-state index contributed by atoms with van der Waals surface area (Å²) in [5.74, 6) is 1.48. The van der Waals surface area contributed by atoms with Gasteiger partial charge in [0.05, 0.1) is 18.1 Å². The molecule has 1 saturated heterocycles. The highest BCUT2D eigenvalue weighted by Crippen LogP contribution is 2.19. The predicted molar refractivity (Wildman–Crippen MR) is 99.6 cm³/mol. The van der Waals surface area contributed by atoms with Crippen LogP contribution in [-0.2, 0) is 0 Å². The van der Waals surface area contributed by atoms with Gasteiger partial charge < -0.3 is 19.5 Å². The second kappa shape index (κ2) is 7.26. The molecule has 0 radical (unpaired) electrons. The van der Waals surface area contributed by atoms with Gasteiger partial charge in [0, 0.05) is 32.4 Å². The molecule has 1 aliphatic heterocycles. The number of nitrogens with one attached hydrogen (secondary N) is 1. The molecular weight excluding hydrogens is 330 g/mol. The summed E-state index contributed by atoms with van der Waals surface area (Å²) in [6.45, 7) is 3.62. The molecule has 0 saturated carbocycles. The first-order chi connectivity index (χ1) is 12.8. The molecule has 0 aliphatic carbocycles. The summed E-state index contributed by atoms with van der Waals surface area (Å²) in [4.78, 5) is 25.3. The first-order valence-electron chi connectivity index (χ1n) is 8.51. The van der Waals surface area contributed by atoms with Crippen LogP contribution in [0.1, 0.15) is 10.6 Å². The lowest BCUT2D eigenvalue weighted by Gasteiger charge is -2.36. The number of carbonyl (C=O) groups excluding carboxylic acids is 1. The number of anilines is 3. The van der Waals surface area contributed by atoms with E-state index in [0.717, 1.165) is 37.7 Å². The minimum atomic E-state index is -0.306. The maximum Gasteiger partial charge on any atom is 0.292 e. The van der Waals surface area contributed by atoms with Gasteiger partial charge in [-0.25, -0.2) is 9.97 Å². The number of nitrogens with zero attached hydrogens (tertiary/aromatic N) is 4. The fourth-order valence-electron chi connectivity index (χ4n) is 2.97. The fraction of sp³-hybridized carbons (Fsp3) is 0.211. The number of amides is 1. The third-order valence-corrected chi connectivity index (χ3v) is 4.35. The van der Waals surface area contributed by atoms with Gasteiger partial charge in [-0.05, 0) is 36.4 Å². The lowest BCUT2D eigenvalue weighted by molar-refractivity contribution is 0.0996. The Kier molecular flexibility index (Phi) is 4.51. The molecule has 0 aromatic carbocycles. The van der Waals surface area contributed by atoms with Crippen LogP contribution in [0.2, 0.25) is 0 Å². The van der Waals surface area contributed by atoms with Crippen LogP contribution >= 0.6 is 0 Å². The van der Waals surface area contributed by atoms with Gasteiger partial charge in [0.2, 0.25) is 0 Å². The normalized spacial score (nSPS) is 14.3. The number of aromatic nitrogens is 2. The molecule has 0 atom stereocenters. The van der Waals surface area contributed by atoms with Crippen molar-refractivity contribution in [3.63, 3.8) is 0 Å². The van der Waals surface area contributed by atoms with Crippen molar-refractivity contribution in [3.8, 4) is 0 Å². The highest BCUT2D eigenvalue weighted by molar-refractivity contribution is 6.01. The largest absolute Gasteiger partial charge is 0.459 e. The van der Waals surface area contributed by atoms with E-state index in [1.807, 2.05) is 30.5 Å². The lowest BCUT2D eigenvalue weighted by Crippen LogP contribution is -2.46. The van der Waals surface area contributed by atoms with E-state index >= 15 is 0 Å². The number of hydrogen-bond donors (Lipinski definition) is 1. The minimum Gasteiger partial charge on any atom is -0.459 e. The topological polar surface area (TPSA) is 74.5 Å². The van der Waals surface area contributed by atoms with Gasteiger partial charge in [-0.1, -0.05) is 6.07 Å². The van der Waals surface area contributed by atoms with Crippen molar-refractivity contribution in [2.75, 3.05) is 41.3 Å². The maximum atomic E-state index is 12.0. The van der Waals surface area contributed by atoms with Crippen molar-refractivity contribution in [2.24, 2.45) is 0 Å². The highest BCUT2D eigenvalue weighted by atomic mass is 16.3. The molecule has 1 aliphatic rings. The second-order valence-corrected chi connectivity index (χ2v) is 6.00. The molecule has 1 amide bonds. The van der Waals surface area contributed by atoms with Crippen LogP contribution in [0.15, 0.2) is 65.5 Å². The monoisotopic (exact) mass is 349 g/mol. The third-order valence-electron chi connectivity index (χ3n) is 4.35. The Morgan fingerprint density at radius 2 is 1.81 bits per heavy atom. The van der Waals surface area contributed by atoms with Crippen LogP contribution < -0.4 is 15.1 Å². The molecule has 7 heteroatoms. The quantitative estimate of drug-likeness (QED) is 0.780. The Labute approximate surface area is 151 Å². The Morgan fingerprint density at radius 3 is 2.46 bits per heavy atom. The molecule has 1 fully saturated rings. The van der Waals surface area contributed by atoms with Gasteiger partial charge in [-0.3, -0.25) is 4.79 Å². The zero-order valence-electron chi connectivity index (χ0n) is 14.2. The van der Waals surface area contributed by atoms with Crippen LogP contribution in [0.5, 0.6) is 0 Å². The minimum absolute atomic E-state index is 0.265. The van der Waals surface area contributed by atoms with Crippen molar-refractivity contribution >= 4 is 23.2 Å². The first kappa shape index (κ1) is 16.1. The Morgan fingerprint density at radius 1 is 0.962 bits per heavy atom. The summed E-state index contributed by atoms with van der Waals surface area (Å²) in [5.41, 5.74) is 1.04. The Hall–Kier alpha value is -3.35. The number of piperazine rings is 1. The molecule has 1 N–H and O–H groups in total. The van der Waals surface area contributed by atoms with Gasteiger partial charge in [-0.15, -0.1) is 0 Å². The second-order valence-electron chi connectivity index (χ2n) is 6.00. The average Bonchev–Trinajstić information content (AvgIpc) is 3.25. The zero-order chi connectivity index (χ0) is 17.8. The van der Waals surface area contributed by atoms with Crippen LogP contribution in [0.3, 0.4) is 0 Å². The highest BCUT2D eigenvalue weighted by Gasteiger charge is 2.18. The van der Waals surface area contributed by atoms with E-state index in [2.05, 4.69) is 25.1 Å². The van der Waals surface area contributed by atoms with Crippen LogP contribution in [0.4, 0.5) is 17.3 Å². The molecule has 7 nitrogen and oxygen atoms in total. The van der Waals surface area contributed by atoms with Crippen molar-refractivity contribution in [3.05, 3.63) is 66.9 Å². The maximum absolute atomic E-state index is 12.0. The summed E-state index contributed by atoms with van der Waals surface area (Å²) in [6.07, 6.45) is 5.07. The molecule has 3 aromatic heterocycles. The lowest BCUT2D eigenvalue weighted by atomic mass is 10.2. The van der Waals surface area contributed by atoms with Gasteiger partial charge in [0.15, 0.2) is 5.76 Å². The smallest absolute Gasteiger partial charge is 0.292 e. The van der Waals surface area contributed by atoms with Crippen molar-refractivity contribution in [1.29, 1.82) is 0 Å². The molecule has 4 heterocycles. The van der Waals surface area contributed by atoms with Crippen LogP contribution in [-0.4, -0.2) is 42.1 Å². The molecule has 0 spiro atoms. The van der Waals surface area contributed by atoms with E-state index in [-0.39, 0.29) is 11.7 Å². The van der Waals surface area contributed by atoms with Crippen molar-refractivity contribution < 1.29 is 9.21 Å². The molecule has 0 unspecified atom stereocenters. The summed E-state index contributed by atoms with van der Waals surface area (Å²) in [6, 6.07) is 13.0. The van der Waals surface area contributed by atoms with Crippen LogP contribution in [0.25, 0.3) is 0 Å². The average molecular weight is 349 g/mol. The molecule has 3 aromatic rings. The Bertz CT molecular complexity index is 841. The summed E-state index contributed by atoms with van der Waals surface area (Å²) in [7, 11) is 0. The SMILES string of the molecule is O=C(Nc1ccc(N2CCN(c3ccccn3)CC2)cn1)c1ccco1. The number of furan rings is 1. The number of pyridine rings is 2. The molecule has 0 bridgehead atoms. The van der Waals surface area contributed by atoms with Gasteiger partial charge in [0.1, 0.15) is 11.6 Å². The van der Waals surface area contributed by atoms with E-state index in [1.165, 1.54) is 6.26 Å².